The van der Waals surface area contributed by atoms with Crippen LogP contribution in [0.5, 0.6) is 17.2 Å². The zero-order chi connectivity index (χ0) is 45.6. The Balaban J connectivity index is 1.06. The first-order chi connectivity index (χ1) is 33.0. The average molecular weight is 903 g/mol. The van der Waals surface area contributed by atoms with E-state index in [9.17, 15) is 4.79 Å². The molecule has 6 aromatic carbocycles. The predicted octanol–water partition coefficient (Wildman–Crippen LogP) is 11.4. The van der Waals surface area contributed by atoms with Crippen molar-refractivity contribution in [2.24, 2.45) is 5.92 Å². The molecule has 0 bridgehead atoms. The second-order valence-electron chi connectivity index (χ2n) is 17.4. The third-order valence-corrected chi connectivity index (χ3v) is 12.4. The van der Waals surface area contributed by atoms with E-state index in [1.807, 2.05) is 164 Å². The van der Waals surface area contributed by atoms with E-state index in [4.69, 9.17) is 42.3 Å². The lowest BCUT2D eigenvalue weighted by Gasteiger charge is -2.45. The van der Waals surface area contributed by atoms with Crippen molar-refractivity contribution in [1.82, 2.24) is 0 Å². The average Bonchev–Trinajstić information content (AvgIpc) is 3.37. The van der Waals surface area contributed by atoms with Crippen LogP contribution < -0.4 is 19.8 Å². The fourth-order valence-corrected chi connectivity index (χ4v) is 8.67. The van der Waals surface area contributed by atoms with Crippen LogP contribution >= 0.6 is 0 Å². The molecule has 9 rings (SSSR count). The standard InChI is InChI=1S/C57H58O10/c1-40-27-29-46(30-28-40)64-54-51(60-35-42-19-9-3-10-20-42)48-32-31-47(33-49(48)66-56(54)58)65-57-55(63-38-45-25-15-6-16-26-45)53(62-37-44-23-13-5-14-24-44)52(61-36-43-21-11-4-12-22-43)50(67-57)39-59-34-41-17-7-2-8-18-41/h2-26,31-33,40,46,50,52-53,55,57H,27-30,34-39H2,1H3/t40?,46?,50-,52-,53+,55-,57-/m1/s1. The van der Waals surface area contributed by atoms with Crippen molar-refractivity contribution in [1.29, 1.82) is 0 Å². The summed E-state index contributed by atoms with van der Waals surface area (Å²) < 4.78 is 59.8. The van der Waals surface area contributed by atoms with Gasteiger partial charge in [-0.2, -0.15) is 0 Å². The summed E-state index contributed by atoms with van der Waals surface area (Å²) in [5.41, 5.74) is 4.59. The molecular formula is C57H58O10. The van der Waals surface area contributed by atoms with Gasteiger partial charge in [0.2, 0.25) is 12.0 Å². The number of fused-ring (bicyclic) bond motifs is 1. The largest absolute Gasteiger partial charge is 0.484 e. The molecule has 10 nitrogen and oxygen atoms in total. The Bertz CT molecular complexity index is 2620. The quantitative estimate of drug-likeness (QED) is 0.0687. The zero-order valence-corrected chi connectivity index (χ0v) is 37.9. The fraction of sp³-hybridized carbons (Fsp3) is 0.316. The molecule has 2 heterocycles. The van der Waals surface area contributed by atoms with Gasteiger partial charge in [-0.15, -0.1) is 0 Å². The summed E-state index contributed by atoms with van der Waals surface area (Å²) in [6, 6.07) is 55.2. The van der Waals surface area contributed by atoms with Crippen molar-refractivity contribution in [2.75, 3.05) is 6.61 Å². The van der Waals surface area contributed by atoms with Gasteiger partial charge in [-0.1, -0.05) is 159 Å². The molecule has 1 aliphatic heterocycles. The van der Waals surface area contributed by atoms with Crippen molar-refractivity contribution in [3.63, 3.8) is 0 Å². The minimum Gasteiger partial charge on any atom is -0.484 e. The van der Waals surface area contributed by atoms with Gasteiger partial charge in [0, 0.05) is 6.07 Å². The summed E-state index contributed by atoms with van der Waals surface area (Å²) in [5.74, 6) is 1.42. The molecule has 0 radical (unpaired) electrons. The monoisotopic (exact) mass is 902 g/mol. The molecule has 67 heavy (non-hydrogen) atoms. The van der Waals surface area contributed by atoms with E-state index in [0.717, 1.165) is 53.5 Å². The first-order valence-corrected chi connectivity index (χ1v) is 23.4. The normalized spacial score (nSPS) is 21.7. The van der Waals surface area contributed by atoms with E-state index >= 15 is 0 Å². The Morgan fingerprint density at radius 1 is 0.507 bits per heavy atom. The highest BCUT2D eigenvalue weighted by atomic mass is 16.7. The second kappa shape index (κ2) is 23.0. The minimum absolute atomic E-state index is 0.0833. The molecule has 7 aromatic rings. The molecule has 1 saturated heterocycles. The van der Waals surface area contributed by atoms with Crippen LogP contribution in [0, 0.1) is 5.92 Å². The number of hydrogen-bond acceptors (Lipinski definition) is 10. The lowest BCUT2D eigenvalue weighted by atomic mass is 9.89. The molecular weight excluding hydrogens is 845 g/mol. The van der Waals surface area contributed by atoms with Gasteiger partial charge in [0.25, 0.3) is 0 Å². The molecule has 1 saturated carbocycles. The first kappa shape index (κ1) is 45.9. The van der Waals surface area contributed by atoms with Gasteiger partial charge >= 0.3 is 5.63 Å². The van der Waals surface area contributed by atoms with E-state index in [-0.39, 0.29) is 43.9 Å². The van der Waals surface area contributed by atoms with Crippen molar-refractivity contribution < 1.29 is 42.3 Å². The van der Waals surface area contributed by atoms with Gasteiger partial charge in [0.15, 0.2) is 5.75 Å². The molecule has 1 aromatic heterocycles. The third kappa shape index (κ3) is 12.4. The molecule has 0 spiro atoms. The van der Waals surface area contributed by atoms with Crippen molar-refractivity contribution in [2.45, 2.75) is 102 Å². The topological polar surface area (TPSA) is 104 Å². The number of rotatable bonds is 20. The summed E-state index contributed by atoms with van der Waals surface area (Å²) in [6.45, 7) is 3.85. The Labute approximate surface area is 392 Å². The fourth-order valence-electron chi connectivity index (χ4n) is 8.67. The van der Waals surface area contributed by atoms with E-state index in [1.165, 1.54) is 0 Å². The highest BCUT2D eigenvalue weighted by molar-refractivity contribution is 5.86. The molecule has 0 N–H and O–H groups in total. The Morgan fingerprint density at radius 2 is 1.00 bits per heavy atom. The van der Waals surface area contributed by atoms with Gasteiger partial charge in [-0.3, -0.25) is 0 Å². The Kier molecular flexibility index (Phi) is 15.7. The van der Waals surface area contributed by atoms with Gasteiger partial charge < -0.3 is 42.3 Å². The molecule has 5 atom stereocenters. The molecule has 10 heteroatoms. The molecule has 0 unspecified atom stereocenters. The van der Waals surface area contributed by atoms with Crippen molar-refractivity contribution >= 4 is 11.0 Å². The smallest absolute Gasteiger partial charge is 0.383 e. The van der Waals surface area contributed by atoms with Gasteiger partial charge in [-0.25, -0.2) is 4.79 Å². The Morgan fingerprint density at radius 3 is 1.55 bits per heavy atom. The summed E-state index contributed by atoms with van der Waals surface area (Å²) >= 11 is 0. The van der Waals surface area contributed by atoms with Crippen LogP contribution in [0.4, 0.5) is 0 Å². The van der Waals surface area contributed by atoms with Crippen molar-refractivity contribution in [3.05, 3.63) is 208 Å². The zero-order valence-electron chi connectivity index (χ0n) is 37.9. The third-order valence-electron chi connectivity index (χ3n) is 12.4. The lowest BCUT2D eigenvalue weighted by molar-refractivity contribution is -0.310. The second-order valence-corrected chi connectivity index (χ2v) is 17.4. The maximum absolute atomic E-state index is 14.0. The van der Waals surface area contributed by atoms with Crippen LogP contribution in [0.25, 0.3) is 11.0 Å². The molecule has 346 valence electrons. The van der Waals surface area contributed by atoms with E-state index in [0.29, 0.717) is 36.0 Å². The highest BCUT2D eigenvalue weighted by Crippen LogP contribution is 2.39. The van der Waals surface area contributed by atoms with Crippen LogP contribution in [-0.4, -0.2) is 43.4 Å². The van der Waals surface area contributed by atoms with Gasteiger partial charge in [-0.05, 0) is 71.6 Å². The molecule has 1 aliphatic carbocycles. The molecule has 2 fully saturated rings. The summed E-state index contributed by atoms with van der Waals surface area (Å²) in [5, 5.41) is 0.578. The SMILES string of the molecule is CC1CCC(Oc2c(OCc3ccccc3)c3ccc(O[C@@H]4O[C@H](COCc5ccccc5)[C@@H](OCc5ccccc5)[C@H](OCc5ccccc5)[C@H]4OCc4ccccc4)cc3oc2=O)CC1. The maximum atomic E-state index is 14.0. The van der Waals surface area contributed by atoms with Crippen LogP contribution in [0.3, 0.4) is 0 Å². The maximum Gasteiger partial charge on any atom is 0.383 e. The van der Waals surface area contributed by atoms with Crippen LogP contribution in [-0.2, 0) is 56.7 Å². The summed E-state index contributed by atoms with van der Waals surface area (Å²) in [6.07, 6.45) is -0.192. The number of hydrogen-bond donors (Lipinski definition) is 0. The summed E-state index contributed by atoms with van der Waals surface area (Å²) in [4.78, 5) is 14.0. The van der Waals surface area contributed by atoms with Crippen LogP contribution in [0.1, 0.15) is 60.4 Å². The molecule has 0 amide bonds. The van der Waals surface area contributed by atoms with Crippen molar-refractivity contribution in [3.8, 4) is 17.2 Å². The first-order valence-electron chi connectivity index (χ1n) is 23.4. The van der Waals surface area contributed by atoms with E-state index < -0.39 is 36.3 Å². The number of benzene rings is 6. The van der Waals surface area contributed by atoms with E-state index in [1.54, 1.807) is 6.07 Å². The van der Waals surface area contributed by atoms with E-state index in [2.05, 4.69) is 6.92 Å². The lowest BCUT2D eigenvalue weighted by Crippen LogP contribution is -2.62. The Hall–Kier alpha value is -6.27. The van der Waals surface area contributed by atoms with Gasteiger partial charge in [0.1, 0.15) is 42.4 Å². The van der Waals surface area contributed by atoms with Crippen LogP contribution in [0.2, 0.25) is 0 Å². The number of ether oxygens (including phenoxy) is 8. The van der Waals surface area contributed by atoms with Gasteiger partial charge in [0.05, 0.1) is 44.5 Å². The minimum atomic E-state index is -1.03. The predicted molar refractivity (Wildman–Crippen MR) is 256 cm³/mol. The molecule has 2 aliphatic rings. The highest BCUT2D eigenvalue weighted by Gasteiger charge is 2.50. The summed E-state index contributed by atoms with van der Waals surface area (Å²) in [7, 11) is 0. The van der Waals surface area contributed by atoms with Crippen LogP contribution in [0.15, 0.2) is 179 Å².